The number of ether oxygens (including phenoxy) is 1. The molecule has 3 aromatic rings. The predicted octanol–water partition coefficient (Wildman–Crippen LogP) is 5.29. The Balaban J connectivity index is 2.05. The van der Waals surface area contributed by atoms with Crippen molar-refractivity contribution < 1.29 is 27.8 Å². The van der Waals surface area contributed by atoms with Gasteiger partial charge in [-0.3, -0.25) is 9.36 Å². The van der Waals surface area contributed by atoms with Crippen LogP contribution in [-0.2, 0) is 28.7 Å². The highest BCUT2D eigenvalue weighted by Crippen LogP contribution is 2.39. The van der Waals surface area contributed by atoms with Crippen LogP contribution in [0.2, 0.25) is 0 Å². The summed E-state index contributed by atoms with van der Waals surface area (Å²) in [5, 5.41) is 9.80. The number of esters is 1. The van der Waals surface area contributed by atoms with Crippen molar-refractivity contribution in [1.82, 2.24) is 9.55 Å². The van der Waals surface area contributed by atoms with Crippen molar-refractivity contribution in [2.45, 2.75) is 33.1 Å². The maximum Gasteiger partial charge on any atom is 0.436 e. The van der Waals surface area contributed by atoms with Gasteiger partial charge < -0.3 is 9.84 Å². The summed E-state index contributed by atoms with van der Waals surface area (Å²) < 4.78 is 46.1. The molecule has 0 saturated heterocycles. The Morgan fingerprint density at radius 1 is 1.30 bits per heavy atom. The van der Waals surface area contributed by atoms with E-state index in [-0.39, 0.29) is 30.1 Å². The van der Waals surface area contributed by atoms with Gasteiger partial charge in [-0.1, -0.05) is 18.2 Å². The van der Waals surface area contributed by atoms with Crippen molar-refractivity contribution in [2.75, 3.05) is 6.61 Å². The first-order chi connectivity index (χ1) is 14.2. The maximum absolute atomic E-state index is 13.4. The molecule has 1 aromatic carbocycles. The van der Waals surface area contributed by atoms with Gasteiger partial charge in [-0.15, -0.1) is 11.3 Å². The number of aromatic nitrogens is 2. The Labute approximate surface area is 183 Å². The average molecular weight is 503 g/mol. The van der Waals surface area contributed by atoms with E-state index < -0.39 is 17.8 Å². The van der Waals surface area contributed by atoms with E-state index in [9.17, 15) is 23.1 Å². The SMILES string of the molecule is CCOC(=O)Cc1nc(C(F)(F)F)c(Br)n1-c1ccc(-c2ccc(CO)c(C)c2)s1. The zero-order chi connectivity index (χ0) is 22.1. The molecule has 2 heterocycles. The molecule has 0 bridgehead atoms. The zero-order valence-electron chi connectivity index (χ0n) is 16.1. The fourth-order valence-corrected chi connectivity index (χ4v) is 4.79. The number of aliphatic hydroxyl groups excluding tert-OH is 1. The summed E-state index contributed by atoms with van der Waals surface area (Å²) in [5.41, 5.74) is 1.50. The van der Waals surface area contributed by atoms with Gasteiger partial charge in [0, 0.05) is 4.88 Å². The van der Waals surface area contributed by atoms with Crippen LogP contribution in [0.1, 0.15) is 29.6 Å². The number of nitrogens with zero attached hydrogens (tertiary/aromatic N) is 2. The molecule has 160 valence electrons. The van der Waals surface area contributed by atoms with Crippen LogP contribution in [0.3, 0.4) is 0 Å². The van der Waals surface area contributed by atoms with Gasteiger partial charge in [0.25, 0.3) is 0 Å². The number of aliphatic hydroxyl groups is 1. The minimum atomic E-state index is -4.68. The van der Waals surface area contributed by atoms with Gasteiger partial charge in [-0.2, -0.15) is 13.2 Å². The maximum atomic E-state index is 13.4. The molecule has 0 aliphatic carbocycles. The molecule has 0 aliphatic heterocycles. The number of imidazole rings is 1. The Bertz CT molecular complexity index is 1080. The van der Waals surface area contributed by atoms with E-state index in [4.69, 9.17) is 4.74 Å². The van der Waals surface area contributed by atoms with E-state index in [0.717, 1.165) is 21.6 Å². The molecule has 0 unspecified atom stereocenters. The smallest absolute Gasteiger partial charge is 0.436 e. The first-order valence-corrected chi connectivity index (χ1v) is 10.6. The number of halogens is 4. The lowest BCUT2D eigenvalue weighted by Gasteiger charge is -2.08. The minimum Gasteiger partial charge on any atom is -0.466 e. The third kappa shape index (κ3) is 4.60. The monoisotopic (exact) mass is 502 g/mol. The first-order valence-electron chi connectivity index (χ1n) is 8.96. The number of aryl methyl sites for hydroxylation is 1. The summed E-state index contributed by atoms with van der Waals surface area (Å²) in [6, 6.07) is 9.03. The fraction of sp³-hybridized carbons (Fsp3) is 0.300. The number of rotatable bonds is 6. The normalized spacial score (nSPS) is 11.7. The first kappa shape index (κ1) is 22.5. The summed E-state index contributed by atoms with van der Waals surface area (Å²) in [6.07, 6.45) is -5.06. The number of benzene rings is 1. The number of hydrogen-bond acceptors (Lipinski definition) is 5. The van der Waals surface area contributed by atoms with E-state index in [1.165, 1.54) is 15.9 Å². The lowest BCUT2D eigenvalue weighted by molar-refractivity contribution is -0.143. The number of thiophene rings is 1. The van der Waals surface area contributed by atoms with Crippen molar-refractivity contribution in [1.29, 1.82) is 0 Å². The lowest BCUT2D eigenvalue weighted by Crippen LogP contribution is -2.12. The highest BCUT2D eigenvalue weighted by Gasteiger charge is 2.39. The summed E-state index contributed by atoms with van der Waals surface area (Å²) in [6.45, 7) is 3.56. The van der Waals surface area contributed by atoms with Crippen LogP contribution in [0.15, 0.2) is 34.9 Å². The topological polar surface area (TPSA) is 64.3 Å². The van der Waals surface area contributed by atoms with Crippen LogP contribution in [-0.4, -0.2) is 27.2 Å². The lowest BCUT2D eigenvalue weighted by atomic mass is 10.0. The van der Waals surface area contributed by atoms with Crippen molar-refractivity contribution in [3.05, 3.63) is 57.6 Å². The van der Waals surface area contributed by atoms with Gasteiger partial charge >= 0.3 is 12.1 Å². The van der Waals surface area contributed by atoms with E-state index in [1.54, 1.807) is 19.1 Å². The molecule has 0 amide bonds. The van der Waals surface area contributed by atoms with Gasteiger partial charge in [0.2, 0.25) is 0 Å². The van der Waals surface area contributed by atoms with Gasteiger partial charge in [0.1, 0.15) is 21.8 Å². The van der Waals surface area contributed by atoms with Crippen LogP contribution in [0.5, 0.6) is 0 Å². The number of hydrogen-bond donors (Lipinski definition) is 1. The van der Waals surface area contributed by atoms with Gasteiger partial charge in [-0.05, 0) is 58.6 Å². The van der Waals surface area contributed by atoms with Crippen molar-refractivity contribution >= 4 is 33.2 Å². The number of carbonyl (C=O) groups is 1. The molecule has 0 spiro atoms. The molecule has 10 heteroatoms. The highest BCUT2D eigenvalue weighted by molar-refractivity contribution is 9.10. The molecule has 0 radical (unpaired) electrons. The summed E-state index contributed by atoms with van der Waals surface area (Å²) >= 11 is 4.27. The molecule has 0 aliphatic rings. The molecule has 0 saturated carbocycles. The van der Waals surface area contributed by atoms with Crippen molar-refractivity contribution in [3.8, 4) is 15.4 Å². The number of carbonyl (C=O) groups excluding carboxylic acids is 1. The van der Waals surface area contributed by atoms with Gasteiger partial charge in [0.05, 0.1) is 13.2 Å². The molecular formula is C20H18BrF3N2O3S. The van der Waals surface area contributed by atoms with Crippen LogP contribution < -0.4 is 0 Å². The Kier molecular flexibility index (Phi) is 6.68. The predicted molar refractivity (Wildman–Crippen MR) is 111 cm³/mol. The third-order valence-corrected chi connectivity index (χ3v) is 6.23. The molecule has 5 nitrogen and oxygen atoms in total. The third-order valence-electron chi connectivity index (χ3n) is 4.38. The van der Waals surface area contributed by atoms with Crippen LogP contribution in [0.25, 0.3) is 15.4 Å². The second kappa shape index (κ2) is 8.91. The largest absolute Gasteiger partial charge is 0.466 e. The molecule has 30 heavy (non-hydrogen) atoms. The molecule has 0 fully saturated rings. The standard InChI is InChI=1S/C20H18BrF3N2O3S/c1-3-29-17(28)9-15-25-18(20(22,23)24)19(21)26(15)16-7-6-14(30-16)12-4-5-13(10-27)11(2)8-12/h4-8,27H,3,9-10H2,1-2H3. The van der Waals surface area contributed by atoms with Gasteiger partial charge in [0.15, 0.2) is 5.69 Å². The van der Waals surface area contributed by atoms with Crippen molar-refractivity contribution in [2.24, 2.45) is 0 Å². The molecule has 3 rings (SSSR count). The van der Waals surface area contributed by atoms with Crippen molar-refractivity contribution in [3.63, 3.8) is 0 Å². The Hall–Kier alpha value is -2.17. The van der Waals surface area contributed by atoms with E-state index >= 15 is 0 Å². The summed E-state index contributed by atoms with van der Waals surface area (Å²) in [4.78, 5) is 16.4. The molecular weight excluding hydrogens is 485 g/mol. The second-order valence-corrected chi connectivity index (χ2v) is 8.23. The quantitative estimate of drug-likeness (QED) is 0.465. The Morgan fingerprint density at radius 2 is 2.03 bits per heavy atom. The number of alkyl halides is 3. The Morgan fingerprint density at radius 3 is 2.63 bits per heavy atom. The molecule has 2 aromatic heterocycles. The van der Waals surface area contributed by atoms with Crippen LogP contribution in [0.4, 0.5) is 13.2 Å². The van der Waals surface area contributed by atoms with E-state index in [2.05, 4.69) is 20.9 Å². The summed E-state index contributed by atoms with van der Waals surface area (Å²) in [7, 11) is 0. The van der Waals surface area contributed by atoms with E-state index in [1.807, 2.05) is 25.1 Å². The van der Waals surface area contributed by atoms with E-state index in [0.29, 0.717) is 5.00 Å². The minimum absolute atomic E-state index is 0.0622. The van der Waals surface area contributed by atoms with Gasteiger partial charge in [-0.25, -0.2) is 4.98 Å². The molecule has 1 N–H and O–H groups in total. The van der Waals surface area contributed by atoms with Crippen LogP contribution in [0, 0.1) is 6.92 Å². The van der Waals surface area contributed by atoms with Crippen LogP contribution >= 0.6 is 27.3 Å². The zero-order valence-corrected chi connectivity index (χ0v) is 18.5. The average Bonchev–Trinajstić information content (AvgIpc) is 3.26. The second-order valence-electron chi connectivity index (χ2n) is 6.42. The summed E-state index contributed by atoms with van der Waals surface area (Å²) in [5.74, 6) is -0.718. The fourth-order valence-electron chi connectivity index (χ4n) is 2.94. The highest BCUT2D eigenvalue weighted by atomic mass is 79.9. The molecule has 0 atom stereocenters.